The summed E-state index contributed by atoms with van der Waals surface area (Å²) in [7, 11) is -1.89. The van der Waals surface area contributed by atoms with Gasteiger partial charge in [0.1, 0.15) is 18.2 Å². The molecule has 4 heterocycles. The number of nitrogens with one attached hydrogen (secondary N) is 1. The Morgan fingerprint density at radius 2 is 1.88 bits per heavy atom. The van der Waals surface area contributed by atoms with Gasteiger partial charge in [-0.25, -0.2) is 4.67 Å². The second kappa shape index (κ2) is 10.0. The Morgan fingerprint density at radius 1 is 1.12 bits per heavy atom. The van der Waals surface area contributed by atoms with Crippen LogP contribution in [0.25, 0.3) is 6.08 Å². The number of amides is 1. The molecule has 0 saturated carbocycles. The van der Waals surface area contributed by atoms with Gasteiger partial charge >= 0.3 is 0 Å². The van der Waals surface area contributed by atoms with Crippen molar-refractivity contribution in [1.82, 2.24) is 9.57 Å². The highest BCUT2D eigenvalue weighted by Crippen LogP contribution is 2.67. The van der Waals surface area contributed by atoms with Gasteiger partial charge in [-0.2, -0.15) is 0 Å². The molecule has 3 N–H and O–H groups in total. The van der Waals surface area contributed by atoms with E-state index in [1.54, 1.807) is 28.9 Å². The van der Waals surface area contributed by atoms with Gasteiger partial charge in [0.2, 0.25) is 0 Å². The van der Waals surface area contributed by atoms with Crippen LogP contribution in [0.1, 0.15) is 21.9 Å². The molecule has 0 radical (unpaired) electrons. The molecule has 2 fully saturated rings. The smallest absolute Gasteiger partial charge is 0.250 e. The zero-order valence-corrected chi connectivity index (χ0v) is 24.3. The zero-order chi connectivity index (χ0) is 28.3. The lowest BCUT2D eigenvalue weighted by atomic mass is 9.57. The number of fused-ring (bicyclic) bond motifs is 3. The van der Waals surface area contributed by atoms with Crippen molar-refractivity contribution < 1.29 is 24.4 Å². The maximum atomic E-state index is 15.1. The van der Waals surface area contributed by atoms with Crippen molar-refractivity contribution in [3.63, 3.8) is 0 Å². The van der Waals surface area contributed by atoms with Gasteiger partial charge in [-0.3, -0.25) is 14.5 Å². The van der Waals surface area contributed by atoms with Crippen LogP contribution in [0, 0.1) is 5.41 Å². The standard InChI is InChI=1S/C29H29ClN3O5PS/c1-32-15-23(25-8-5-11-40-25)28(29(32)22-13-21(30)9-10-24(22)31-27(29)37)16-33(39(38,17-34)18-35)14-20(26(28)36)12-19-6-3-2-4-7-19/h2-13,23,34-35H,14-18H2,1H3,(H,31,37)/b20-12+/t23-,28+,29+/m0/s1. The first-order chi connectivity index (χ1) is 19.2. The number of rotatable bonds is 5. The highest BCUT2D eigenvalue weighted by atomic mass is 35.5. The van der Waals surface area contributed by atoms with Crippen LogP contribution >= 0.6 is 30.2 Å². The summed E-state index contributed by atoms with van der Waals surface area (Å²) in [4.78, 5) is 32.3. The van der Waals surface area contributed by atoms with Crippen molar-refractivity contribution in [3.05, 3.63) is 92.6 Å². The number of likely N-dealkylation sites (tertiary alicyclic amines) is 1. The predicted molar refractivity (Wildman–Crippen MR) is 157 cm³/mol. The number of benzene rings is 2. The van der Waals surface area contributed by atoms with E-state index < -0.39 is 36.9 Å². The van der Waals surface area contributed by atoms with Crippen molar-refractivity contribution in [2.45, 2.75) is 11.5 Å². The maximum Gasteiger partial charge on any atom is 0.250 e. The molecule has 40 heavy (non-hydrogen) atoms. The van der Waals surface area contributed by atoms with Gasteiger partial charge in [0.05, 0.1) is 5.41 Å². The Hall–Kier alpha value is -2.62. The molecule has 3 aliphatic heterocycles. The summed E-state index contributed by atoms with van der Waals surface area (Å²) in [6.45, 7) is 0.248. The molecule has 8 nitrogen and oxygen atoms in total. The molecule has 1 aromatic heterocycles. The molecule has 3 atom stereocenters. The minimum absolute atomic E-state index is 0.0329. The molecule has 1 amide bonds. The van der Waals surface area contributed by atoms with Gasteiger partial charge in [0.15, 0.2) is 13.1 Å². The lowest BCUT2D eigenvalue weighted by Gasteiger charge is -2.52. The number of anilines is 1. The molecule has 0 unspecified atom stereocenters. The summed E-state index contributed by atoms with van der Waals surface area (Å²) in [6, 6.07) is 18.4. The first-order valence-corrected chi connectivity index (χ1v) is 16.2. The van der Waals surface area contributed by atoms with Gasteiger partial charge in [0.25, 0.3) is 5.91 Å². The Bertz CT molecular complexity index is 1560. The number of hydrogen-bond donors (Lipinski definition) is 3. The third-order valence-electron chi connectivity index (χ3n) is 8.68. The van der Waals surface area contributed by atoms with E-state index in [0.29, 0.717) is 28.4 Å². The summed E-state index contributed by atoms with van der Waals surface area (Å²) in [5.41, 5.74) is -0.645. The van der Waals surface area contributed by atoms with E-state index in [2.05, 4.69) is 5.32 Å². The number of piperidine rings is 1. The van der Waals surface area contributed by atoms with E-state index in [4.69, 9.17) is 11.6 Å². The van der Waals surface area contributed by atoms with Crippen molar-refractivity contribution in [3.8, 4) is 0 Å². The lowest BCUT2D eigenvalue weighted by molar-refractivity contribution is -0.145. The molecule has 208 valence electrons. The Kier molecular flexibility index (Phi) is 6.91. The molecule has 2 saturated heterocycles. The summed E-state index contributed by atoms with van der Waals surface area (Å²) < 4.78 is 15.5. The van der Waals surface area contributed by atoms with E-state index in [1.165, 1.54) is 11.3 Å². The fraction of sp³-hybridized carbons (Fsp3) is 0.310. The monoisotopic (exact) mass is 597 g/mol. The molecular weight excluding hydrogens is 569 g/mol. The van der Waals surface area contributed by atoms with Crippen LogP contribution < -0.4 is 5.32 Å². The van der Waals surface area contributed by atoms with Gasteiger partial charge < -0.3 is 20.1 Å². The first kappa shape index (κ1) is 27.5. The number of carbonyl (C=O) groups excluding carboxylic acids is 2. The number of thiophene rings is 1. The Morgan fingerprint density at radius 3 is 2.55 bits per heavy atom. The van der Waals surface area contributed by atoms with Gasteiger partial charge in [-0.1, -0.05) is 48.0 Å². The van der Waals surface area contributed by atoms with E-state index in [-0.39, 0.29) is 24.8 Å². The van der Waals surface area contributed by atoms with Gasteiger partial charge in [-0.15, -0.1) is 11.3 Å². The topological polar surface area (TPSA) is 110 Å². The lowest BCUT2D eigenvalue weighted by Crippen LogP contribution is -2.65. The van der Waals surface area contributed by atoms with Gasteiger partial charge in [0, 0.05) is 52.3 Å². The molecule has 3 aliphatic rings. The number of ketones is 1. The molecule has 11 heteroatoms. The van der Waals surface area contributed by atoms with Crippen LogP contribution in [0.2, 0.25) is 5.02 Å². The number of nitrogens with zero attached hydrogens (tertiary/aromatic N) is 2. The molecule has 2 spiro atoms. The number of hydrogen-bond acceptors (Lipinski definition) is 7. The average Bonchev–Trinajstić information content (AvgIpc) is 3.65. The van der Waals surface area contributed by atoms with Crippen LogP contribution in [-0.4, -0.2) is 70.9 Å². The van der Waals surface area contributed by atoms with Crippen molar-refractivity contribution >= 4 is 53.7 Å². The highest BCUT2D eigenvalue weighted by molar-refractivity contribution is 7.61. The third kappa shape index (κ3) is 3.77. The summed E-state index contributed by atoms with van der Waals surface area (Å²) in [5.74, 6) is -1.03. The quantitative estimate of drug-likeness (QED) is 0.295. The fourth-order valence-corrected chi connectivity index (χ4v) is 9.35. The van der Waals surface area contributed by atoms with E-state index >= 15 is 4.79 Å². The fourth-order valence-electron chi connectivity index (χ4n) is 6.92. The van der Waals surface area contributed by atoms with Crippen molar-refractivity contribution in [2.75, 3.05) is 44.7 Å². The summed E-state index contributed by atoms with van der Waals surface area (Å²) >= 11 is 7.99. The number of Topliss-reactive ketones (excluding diaryl/α,β-unsaturated/α-hetero) is 1. The van der Waals surface area contributed by atoms with E-state index in [9.17, 15) is 19.6 Å². The van der Waals surface area contributed by atoms with Crippen LogP contribution in [0.15, 0.2) is 71.6 Å². The molecule has 3 aromatic rings. The SMILES string of the molecule is CN1C[C@@H](c2cccs2)[C@@]2(CN(P(=O)(CO)CO)C/C(=C\c3ccccc3)C2=O)[C@@]12C(=O)Nc1ccc(Cl)cc12. The third-order valence-corrected chi connectivity index (χ3v) is 12.1. The summed E-state index contributed by atoms with van der Waals surface area (Å²) in [6.07, 6.45) is 0.250. The Labute approximate surface area is 241 Å². The van der Waals surface area contributed by atoms with E-state index in [1.807, 2.05) is 59.8 Å². The molecular formula is C29H29ClN3O5PS. The predicted octanol–water partition coefficient (Wildman–Crippen LogP) is 4.41. The number of likely N-dealkylation sites (N-methyl/N-ethyl adjacent to an activating group) is 1. The van der Waals surface area contributed by atoms with E-state index in [0.717, 1.165) is 10.4 Å². The largest absolute Gasteiger partial charge is 0.387 e. The minimum atomic E-state index is -3.72. The average molecular weight is 598 g/mol. The summed E-state index contributed by atoms with van der Waals surface area (Å²) in [5, 5.41) is 25.8. The van der Waals surface area contributed by atoms with Crippen molar-refractivity contribution in [1.29, 1.82) is 0 Å². The molecule has 6 rings (SSSR count). The minimum Gasteiger partial charge on any atom is -0.387 e. The van der Waals surface area contributed by atoms with Crippen LogP contribution in [0.5, 0.6) is 0 Å². The normalized spacial score (nSPS) is 28.1. The van der Waals surface area contributed by atoms with Crippen LogP contribution in [0.4, 0.5) is 5.69 Å². The molecule has 2 aromatic carbocycles. The second-order valence-corrected chi connectivity index (χ2v) is 14.9. The zero-order valence-electron chi connectivity index (χ0n) is 21.8. The van der Waals surface area contributed by atoms with Crippen LogP contribution in [0.3, 0.4) is 0 Å². The number of aliphatic hydroxyl groups excluding tert-OH is 2. The highest BCUT2D eigenvalue weighted by Gasteiger charge is 2.75. The number of halogens is 1. The van der Waals surface area contributed by atoms with Gasteiger partial charge in [-0.05, 0) is 48.3 Å². The molecule has 0 aliphatic carbocycles. The second-order valence-electron chi connectivity index (χ2n) is 10.6. The van der Waals surface area contributed by atoms with Crippen molar-refractivity contribution in [2.24, 2.45) is 5.41 Å². The maximum absolute atomic E-state index is 15.1. The van der Waals surface area contributed by atoms with Crippen LogP contribution in [-0.2, 0) is 19.7 Å². The molecule has 0 bridgehead atoms. The number of carbonyl (C=O) groups is 2. The Balaban J connectivity index is 1.68. The number of aliphatic hydroxyl groups is 2. The first-order valence-electron chi connectivity index (χ1n) is 12.9.